The summed E-state index contributed by atoms with van der Waals surface area (Å²) >= 11 is 0. The lowest BCUT2D eigenvalue weighted by atomic mass is 9.26. The van der Waals surface area contributed by atoms with Crippen molar-refractivity contribution in [2.75, 3.05) is 4.90 Å². The zero-order valence-corrected chi connectivity index (χ0v) is 29.7. The Kier molecular flexibility index (Phi) is 5.08. The molecule has 6 atom stereocenters. The summed E-state index contributed by atoms with van der Waals surface area (Å²) in [5, 5.41) is 2.37. The minimum atomic E-state index is 0.0497. The Hall–Kier alpha value is -4.30. The standard InChI is InChI=1S/C48H45NO/c1-45(2)21-22-46(3,4)44-36(45)15-10-17-38(44)49(30-19-20-33-32-12-6-8-18-39(32)50-40(33)26-30)37-16-9-13-34-31-11-5-7-14-35(31)48(43(34)37)41-24-28-23-29-25-42(48)47(29,41)27-28/h5-20,26,28-29,41-42H,21-25,27H2,1-4H3. The highest BCUT2D eigenvalue weighted by molar-refractivity contribution is 6.06. The van der Waals surface area contributed by atoms with Gasteiger partial charge in [0.15, 0.2) is 0 Å². The van der Waals surface area contributed by atoms with Crippen LogP contribution < -0.4 is 4.90 Å². The van der Waals surface area contributed by atoms with E-state index in [-0.39, 0.29) is 16.2 Å². The lowest BCUT2D eigenvalue weighted by Gasteiger charge is -2.76. The SMILES string of the molecule is CC1(C)CCC(C)(C)c2c(N(c3ccc4c(c3)oc3ccccc34)c3cccc4c3C3(c5ccccc5-4)C4CC5CC6CC3C64C5)cccc21. The molecule has 2 nitrogen and oxygen atoms in total. The Bertz CT molecular complexity index is 2460. The zero-order chi connectivity index (χ0) is 33.4. The summed E-state index contributed by atoms with van der Waals surface area (Å²) in [6.45, 7) is 9.88. The van der Waals surface area contributed by atoms with Gasteiger partial charge >= 0.3 is 0 Å². The van der Waals surface area contributed by atoms with Crippen LogP contribution >= 0.6 is 0 Å². The fraction of sp³-hybridized carbons (Fsp3) is 0.375. The first-order valence-electron chi connectivity index (χ1n) is 19.3. The maximum absolute atomic E-state index is 6.60. The van der Waals surface area contributed by atoms with Gasteiger partial charge in [0.05, 0.1) is 11.4 Å². The van der Waals surface area contributed by atoms with Gasteiger partial charge < -0.3 is 9.32 Å². The number of fused-ring (bicyclic) bond motifs is 12. The van der Waals surface area contributed by atoms with E-state index in [1.165, 1.54) is 88.6 Å². The lowest BCUT2D eigenvalue weighted by Crippen LogP contribution is -2.73. The Morgan fingerprint density at radius 2 is 1.30 bits per heavy atom. The molecular formula is C48H45NO. The summed E-state index contributed by atoms with van der Waals surface area (Å²) in [5.41, 5.74) is 15.9. The van der Waals surface area contributed by atoms with E-state index in [0.717, 1.165) is 34.8 Å². The van der Waals surface area contributed by atoms with Crippen LogP contribution in [0, 0.1) is 29.1 Å². The van der Waals surface area contributed by atoms with Crippen LogP contribution in [0.1, 0.15) is 88.5 Å². The van der Waals surface area contributed by atoms with E-state index in [0.29, 0.717) is 5.41 Å². The number of hydrogen-bond acceptors (Lipinski definition) is 2. The van der Waals surface area contributed by atoms with Gasteiger partial charge in [-0.15, -0.1) is 0 Å². The normalized spacial score (nSPS) is 31.2. The van der Waals surface area contributed by atoms with Crippen molar-refractivity contribution in [3.05, 3.63) is 125 Å². The van der Waals surface area contributed by atoms with Crippen molar-refractivity contribution >= 4 is 39.0 Å². The van der Waals surface area contributed by atoms with Crippen molar-refractivity contribution in [2.24, 2.45) is 29.1 Å². The van der Waals surface area contributed by atoms with Crippen LogP contribution in [0.5, 0.6) is 0 Å². The lowest BCUT2D eigenvalue weighted by molar-refractivity contribution is -0.231. The molecule has 2 bridgehead atoms. The molecule has 4 fully saturated rings. The van der Waals surface area contributed by atoms with Gasteiger partial charge in [-0.05, 0) is 142 Å². The first kappa shape index (κ1) is 28.4. The largest absolute Gasteiger partial charge is 0.456 e. The van der Waals surface area contributed by atoms with Crippen LogP contribution in [0.15, 0.2) is 108 Å². The summed E-state index contributed by atoms with van der Waals surface area (Å²) < 4.78 is 6.60. The second-order valence-corrected chi connectivity index (χ2v) is 18.4. The highest BCUT2D eigenvalue weighted by atomic mass is 16.3. The topological polar surface area (TPSA) is 16.4 Å². The van der Waals surface area contributed by atoms with Crippen LogP contribution in [0.2, 0.25) is 0 Å². The highest BCUT2D eigenvalue weighted by Gasteiger charge is 2.84. The molecule has 1 aromatic heterocycles. The van der Waals surface area contributed by atoms with Crippen LogP contribution in [0.4, 0.5) is 17.1 Å². The van der Waals surface area contributed by atoms with Crippen molar-refractivity contribution in [3.8, 4) is 11.1 Å². The summed E-state index contributed by atoms with van der Waals surface area (Å²) in [4.78, 5) is 2.69. The van der Waals surface area contributed by atoms with Crippen molar-refractivity contribution in [3.63, 3.8) is 0 Å². The second-order valence-electron chi connectivity index (χ2n) is 18.4. The number of furan rings is 1. The molecule has 2 spiro atoms. The molecule has 6 aromatic rings. The molecule has 0 saturated heterocycles. The molecule has 2 heteroatoms. The molecule has 6 unspecified atom stereocenters. The third kappa shape index (κ3) is 3.09. The third-order valence-electron chi connectivity index (χ3n) is 15.6. The van der Waals surface area contributed by atoms with Crippen molar-refractivity contribution in [1.82, 2.24) is 0 Å². The van der Waals surface area contributed by atoms with Gasteiger partial charge in [-0.3, -0.25) is 0 Å². The average Bonchev–Trinajstić information content (AvgIpc) is 3.85. The Morgan fingerprint density at radius 1 is 0.600 bits per heavy atom. The maximum Gasteiger partial charge on any atom is 0.137 e. The van der Waals surface area contributed by atoms with Crippen molar-refractivity contribution in [2.45, 2.75) is 82.5 Å². The molecule has 0 amide bonds. The van der Waals surface area contributed by atoms with Crippen molar-refractivity contribution < 1.29 is 4.42 Å². The van der Waals surface area contributed by atoms with Crippen LogP contribution in [-0.2, 0) is 16.2 Å². The first-order chi connectivity index (χ1) is 24.2. The zero-order valence-electron chi connectivity index (χ0n) is 29.7. The Morgan fingerprint density at radius 3 is 2.18 bits per heavy atom. The number of anilines is 3. The summed E-state index contributed by atoms with van der Waals surface area (Å²) in [6.07, 6.45) is 8.16. The molecule has 50 heavy (non-hydrogen) atoms. The highest BCUT2D eigenvalue weighted by Crippen LogP contribution is 2.90. The fourth-order valence-electron chi connectivity index (χ4n) is 13.7. The predicted molar refractivity (Wildman–Crippen MR) is 205 cm³/mol. The third-order valence-corrected chi connectivity index (χ3v) is 15.6. The van der Waals surface area contributed by atoms with Gasteiger partial charge in [-0.25, -0.2) is 0 Å². The Labute approximate surface area is 295 Å². The van der Waals surface area contributed by atoms with E-state index < -0.39 is 0 Å². The van der Waals surface area contributed by atoms with E-state index in [2.05, 4.69) is 136 Å². The van der Waals surface area contributed by atoms with Gasteiger partial charge in [0, 0.05) is 27.9 Å². The summed E-state index contributed by atoms with van der Waals surface area (Å²) in [5.74, 6) is 3.39. The quantitative estimate of drug-likeness (QED) is 0.189. The monoisotopic (exact) mass is 651 g/mol. The second kappa shape index (κ2) is 8.94. The molecule has 6 aliphatic carbocycles. The van der Waals surface area contributed by atoms with Gasteiger partial charge in [-0.1, -0.05) is 94.4 Å². The average molecular weight is 652 g/mol. The molecule has 12 rings (SSSR count). The molecule has 4 saturated carbocycles. The van der Waals surface area contributed by atoms with Crippen molar-refractivity contribution in [1.29, 1.82) is 0 Å². The molecule has 5 aromatic carbocycles. The maximum atomic E-state index is 6.60. The van der Waals surface area contributed by atoms with Gasteiger partial charge in [0.25, 0.3) is 0 Å². The van der Waals surface area contributed by atoms with Crippen LogP contribution in [0.25, 0.3) is 33.1 Å². The van der Waals surface area contributed by atoms with Crippen LogP contribution in [0.3, 0.4) is 0 Å². The number of para-hydroxylation sites is 1. The minimum absolute atomic E-state index is 0.0497. The summed E-state index contributed by atoms with van der Waals surface area (Å²) in [6, 6.07) is 39.5. The number of rotatable bonds is 3. The summed E-state index contributed by atoms with van der Waals surface area (Å²) in [7, 11) is 0. The van der Waals surface area contributed by atoms with E-state index >= 15 is 0 Å². The number of benzene rings is 5. The molecule has 6 aliphatic rings. The molecule has 0 aliphatic heterocycles. The van der Waals surface area contributed by atoms with Gasteiger partial charge in [0.2, 0.25) is 0 Å². The van der Waals surface area contributed by atoms with Gasteiger partial charge in [0.1, 0.15) is 11.2 Å². The first-order valence-corrected chi connectivity index (χ1v) is 19.3. The smallest absolute Gasteiger partial charge is 0.137 e. The molecule has 1 heterocycles. The molecular weight excluding hydrogens is 607 g/mol. The van der Waals surface area contributed by atoms with E-state index in [1.54, 1.807) is 11.1 Å². The molecule has 0 N–H and O–H groups in total. The number of hydrogen-bond donors (Lipinski definition) is 0. The molecule has 0 radical (unpaired) electrons. The fourth-order valence-corrected chi connectivity index (χ4v) is 13.7. The van der Waals surface area contributed by atoms with Crippen LogP contribution in [-0.4, -0.2) is 0 Å². The van der Waals surface area contributed by atoms with E-state index in [9.17, 15) is 0 Å². The predicted octanol–water partition coefficient (Wildman–Crippen LogP) is 12.7. The van der Waals surface area contributed by atoms with Gasteiger partial charge in [-0.2, -0.15) is 0 Å². The Balaban J connectivity index is 1.17. The van der Waals surface area contributed by atoms with E-state index in [1.807, 2.05) is 0 Å². The molecule has 248 valence electrons. The minimum Gasteiger partial charge on any atom is -0.456 e. The van der Waals surface area contributed by atoms with E-state index in [4.69, 9.17) is 4.42 Å². The number of nitrogens with zero attached hydrogens (tertiary/aromatic N) is 1.